The highest BCUT2D eigenvalue weighted by atomic mass is 32.1. The van der Waals surface area contributed by atoms with Crippen LogP contribution in [0, 0.1) is 40.9 Å². The summed E-state index contributed by atoms with van der Waals surface area (Å²) in [5.74, 6) is 5.61. The Kier molecular flexibility index (Phi) is 6.73. The van der Waals surface area contributed by atoms with E-state index in [4.69, 9.17) is 0 Å². The van der Waals surface area contributed by atoms with Gasteiger partial charge in [-0.3, -0.25) is 0 Å². The lowest BCUT2D eigenvalue weighted by Crippen LogP contribution is -2.61. The molecule has 8 aromatic carbocycles. The van der Waals surface area contributed by atoms with Crippen molar-refractivity contribution in [3.05, 3.63) is 163 Å². The van der Waals surface area contributed by atoms with Crippen molar-refractivity contribution in [2.45, 2.75) is 81.5 Å². The average molecular weight is 917 g/mol. The summed E-state index contributed by atoms with van der Waals surface area (Å²) in [6.07, 6.45) is 15.8. The van der Waals surface area contributed by atoms with Crippen molar-refractivity contribution in [2.24, 2.45) is 40.9 Å². The Morgan fingerprint density at radius 1 is 0.500 bits per heavy atom. The Morgan fingerprint density at radius 3 is 1.99 bits per heavy atom. The SMILES string of the molecule is c1ccc(-c2ccc(N3B4c5c(cc6ccccc6c5-n5c6ccc(C78CC9CC%10CC(C7)C%109C8)cc6c6cc(C78CC9CC(CC(C9)C7)C8)cc4c65)-c4cc5sc6ccccc6c5cc43)cc2)cc1. The summed E-state index contributed by atoms with van der Waals surface area (Å²) in [4.78, 5) is 2.82. The number of hydrogen-bond acceptors (Lipinski definition) is 2. The summed E-state index contributed by atoms with van der Waals surface area (Å²) in [6.45, 7) is -0.00906. The van der Waals surface area contributed by atoms with E-state index in [-0.39, 0.29) is 12.3 Å². The van der Waals surface area contributed by atoms with Gasteiger partial charge in [0.1, 0.15) is 0 Å². The molecule has 2 nitrogen and oxygen atoms in total. The zero-order valence-corrected chi connectivity index (χ0v) is 40.4. The maximum absolute atomic E-state index is 2.83. The fraction of sp³-hybridized carbons (Fsp3) is 0.303. The first kappa shape index (κ1) is 37.7. The lowest BCUT2D eigenvalue weighted by atomic mass is 9.38. The number of aromatic nitrogens is 1. The second kappa shape index (κ2) is 12.5. The van der Waals surface area contributed by atoms with E-state index in [1.54, 1.807) is 11.1 Å². The third kappa shape index (κ3) is 4.42. The first-order valence-corrected chi connectivity index (χ1v) is 27.9. The molecule has 1 spiro atoms. The molecular formula is C66H53BN2S. The Hall–Kier alpha value is -6.10. The van der Waals surface area contributed by atoms with Gasteiger partial charge in [-0.25, -0.2) is 0 Å². The lowest BCUT2D eigenvalue weighted by molar-refractivity contribution is -0.175. The van der Waals surface area contributed by atoms with Gasteiger partial charge in [0.15, 0.2) is 0 Å². The van der Waals surface area contributed by atoms with Crippen LogP contribution in [0.25, 0.3) is 80.7 Å². The second-order valence-electron chi connectivity index (χ2n) is 24.8. The van der Waals surface area contributed by atoms with E-state index in [0.717, 1.165) is 35.5 Å². The molecule has 0 N–H and O–H groups in total. The van der Waals surface area contributed by atoms with Crippen molar-refractivity contribution < 1.29 is 0 Å². The van der Waals surface area contributed by atoms with Crippen molar-refractivity contribution in [1.29, 1.82) is 0 Å². The van der Waals surface area contributed by atoms with Crippen molar-refractivity contribution in [2.75, 3.05) is 4.81 Å². The first-order chi connectivity index (χ1) is 34.5. The minimum absolute atomic E-state index is 0.00906. The zero-order valence-electron chi connectivity index (χ0n) is 39.6. The average Bonchev–Trinajstić information content (AvgIpc) is 4.12. The van der Waals surface area contributed by atoms with Crippen LogP contribution in [0.5, 0.6) is 0 Å². The molecule has 2 aliphatic heterocycles. The third-order valence-corrected chi connectivity index (χ3v) is 23.0. The van der Waals surface area contributed by atoms with Gasteiger partial charge in [0.05, 0.1) is 16.7 Å². The van der Waals surface area contributed by atoms with Gasteiger partial charge >= 0.3 is 6.85 Å². The quantitative estimate of drug-likeness (QED) is 0.160. The van der Waals surface area contributed by atoms with Gasteiger partial charge in [-0.15, -0.1) is 11.3 Å². The van der Waals surface area contributed by atoms with Crippen LogP contribution in [-0.2, 0) is 10.8 Å². The normalized spacial score (nSPS) is 30.9. The molecule has 336 valence electrons. The number of nitrogens with zero attached hydrogens (tertiary/aromatic N) is 2. The number of rotatable bonds is 4. The van der Waals surface area contributed by atoms with E-state index < -0.39 is 0 Å². The predicted octanol–water partition coefficient (Wildman–Crippen LogP) is 15.8. The summed E-state index contributed by atoms with van der Waals surface area (Å²) in [5.41, 5.74) is 19.7. The summed E-state index contributed by atoms with van der Waals surface area (Å²) < 4.78 is 5.54. The number of hydrogen-bond donors (Lipinski definition) is 0. The second-order valence-corrected chi connectivity index (χ2v) is 25.9. The molecule has 4 heterocycles. The molecule has 2 atom stereocenters. The minimum atomic E-state index is -0.00906. The first-order valence-electron chi connectivity index (χ1n) is 27.1. The van der Waals surface area contributed by atoms with E-state index >= 15 is 0 Å². The van der Waals surface area contributed by atoms with Crippen LogP contribution >= 0.6 is 11.3 Å². The van der Waals surface area contributed by atoms with E-state index in [9.17, 15) is 0 Å². The van der Waals surface area contributed by atoms with Crippen LogP contribution < -0.4 is 15.7 Å². The van der Waals surface area contributed by atoms with Gasteiger partial charge in [-0.2, -0.15) is 0 Å². The Labute approximate surface area is 413 Å². The summed E-state index contributed by atoms with van der Waals surface area (Å²) in [7, 11) is 0. The van der Waals surface area contributed by atoms with Crippen LogP contribution in [0.1, 0.15) is 81.8 Å². The third-order valence-electron chi connectivity index (χ3n) is 21.9. The molecule has 8 aliphatic carbocycles. The largest absolute Gasteiger partial charge is 0.376 e. The van der Waals surface area contributed by atoms with Crippen molar-refractivity contribution in [1.82, 2.24) is 4.57 Å². The number of benzene rings is 8. The molecule has 2 unspecified atom stereocenters. The van der Waals surface area contributed by atoms with E-state index in [1.807, 2.05) is 11.3 Å². The molecule has 4 heteroatoms. The minimum Gasteiger partial charge on any atom is -0.376 e. The van der Waals surface area contributed by atoms with Gasteiger partial charge in [0, 0.05) is 53.3 Å². The Bertz CT molecular complexity index is 3970. The summed E-state index contributed by atoms with van der Waals surface area (Å²) in [5, 5.41) is 8.43. The summed E-state index contributed by atoms with van der Waals surface area (Å²) >= 11 is 1.95. The van der Waals surface area contributed by atoms with Crippen molar-refractivity contribution >= 4 is 93.2 Å². The van der Waals surface area contributed by atoms with E-state index in [2.05, 4.69) is 161 Å². The molecule has 0 radical (unpaired) electrons. The molecule has 8 fully saturated rings. The number of thiophene rings is 1. The van der Waals surface area contributed by atoms with Gasteiger partial charge in [-0.05, 0) is 221 Å². The molecule has 8 saturated carbocycles. The lowest BCUT2D eigenvalue weighted by Gasteiger charge is -2.66. The molecule has 0 saturated heterocycles. The number of fused-ring (bicyclic) bond motifs is 13. The highest BCUT2D eigenvalue weighted by molar-refractivity contribution is 7.25. The zero-order chi connectivity index (χ0) is 45.0. The van der Waals surface area contributed by atoms with E-state index in [1.165, 1.54) is 174 Å². The van der Waals surface area contributed by atoms with Gasteiger partial charge in [0.25, 0.3) is 0 Å². The fourth-order valence-corrected chi connectivity index (χ4v) is 20.8. The van der Waals surface area contributed by atoms with Crippen LogP contribution in [-0.4, -0.2) is 11.4 Å². The highest BCUT2D eigenvalue weighted by Gasteiger charge is 2.77. The standard InChI is InChI=1S/C66H53BN2S/c1-2-8-40(9-3-1)41-14-17-48(18-15-41)69-58-29-53-50-12-6-7-13-59(50)70-60(53)30-52(58)54-23-42-10-4-5-11-49(42)63-61(54)67(69)56-28-44(64-31-37-20-38(32-64)22-39(21-37)33-64)27-55-51-26-43(16-19-57(51)68(63)62(55)56)65-34-46-24-45-25-47(35-65)66(45,46)36-65/h1-19,23,26-30,37-39,45-47H,20-22,24-25,31-36H2. The Morgan fingerprint density at radius 2 is 1.21 bits per heavy atom. The topological polar surface area (TPSA) is 8.17 Å². The summed E-state index contributed by atoms with van der Waals surface area (Å²) in [6, 6.07) is 60.5. The Balaban J connectivity index is 0.939. The fourth-order valence-electron chi connectivity index (χ4n) is 19.7. The molecule has 0 amide bonds. The van der Waals surface area contributed by atoms with Crippen LogP contribution in [0.4, 0.5) is 11.4 Å². The van der Waals surface area contributed by atoms with E-state index in [0.29, 0.717) is 10.8 Å². The predicted molar refractivity (Wildman–Crippen MR) is 293 cm³/mol. The van der Waals surface area contributed by atoms with Crippen LogP contribution in [0.3, 0.4) is 0 Å². The maximum Gasteiger partial charge on any atom is 0.333 e. The van der Waals surface area contributed by atoms with Gasteiger partial charge < -0.3 is 9.38 Å². The maximum atomic E-state index is 2.83. The monoisotopic (exact) mass is 916 g/mol. The molecule has 70 heavy (non-hydrogen) atoms. The highest BCUT2D eigenvalue weighted by Crippen LogP contribution is 2.84. The van der Waals surface area contributed by atoms with Crippen molar-refractivity contribution in [3.8, 4) is 27.9 Å². The van der Waals surface area contributed by atoms with Gasteiger partial charge in [-0.1, -0.05) is 97.1 Å². The molecule has 6 bridgehead atoms. The molecular weight excluding hydrogens is 864 g/mol. The molecule has 2 aromatic heterocycles. The van der Waals surface area contributed by atoms with Crippen LogP contribution in [0.15, 0.2) is 152 Å². The smallest absolute Gasteiger partial charge is 0.333 e. The molecule has 10 aromatic rings. The van der Waals surface area contributed by atoms with Crippen LogP contribution in [0.2, 0.25) is 0 Å². The van der Waals surface area contributed by atoms with Gasteiger partial charge in [0.2, 0.25) is 0 Å². The molecule has 20 rings (SSSR count). The molecule has 10 aliphatic rings. The van der Waals surface area contributed by atoms with Crippen molar-refractivity contribution in [3.63, 3.8) is 0 Å². The number of anilines is 2.